The first-order chi connectivity index (χ1) is 10.0. The van der Waals surface area contributed by atoms with Crippen LogP contribution in [0.5, 0.6) is 0 Å². The number of aryl methyl sites for hydroxylation is 1. The monoisotopic (exact) mass is 288 g/mol. The van der Waals surface area contributed by atoms with Crippen LogP contribution < -0.4 is 10.2 Å². The van der Waals surface area contributed by atoms with E-state index in [0.29, 0.717) is 18.7 Å². The number of carboxylic acid groups (broad SMARTS) is 1. The van der Waals surface area contributed by atoms with Crippen molar-refractivity contribution in [3.05, 3.63) is 29.8 Å². The highest BCUT2D eigenvalue weighted by atomic mass is 16.4. The number of nitrogens with one attached hydrogen (secondary N) is 1. The van der Waals surface area contributed by atoms with Crippen LogP contribution in [0.4, 0.5) is 10.5 Å². The van der Waals surface area contributed by atoms with Crippen molar-refractivity contribution >= 4 is 17.7 Å². The van der Waals surface area contributed by atoms with Crippen LogP contribution in [0.15, 0.2) is 24.3 Å². The summed E-state index contributed by atoms with van der Waals surface area (Å²) in [5, 5.41) is 11.7. The Hall–Kier alpha value is -2.48. The molecule has 0 bridgehead atoms. The highest BCUT2D eigenvalue weighted by molar-refractivity contribution is 5.96. The van der Waals surface area contributed by atoms with Crippen LogP contribution in [-0.2, 0) is 4.79 Å². The van der Waals surface area contributed by atoms with E-state index in [0.717, 1.165) is 18.4 Å². The second-order valence-electron chi connectivity index (χ2n) is 4.71. The van der Waals surface area contributed by atoms with E-state index in [-0.39, 0.29) is 6.54 Å². The van der Waals surface area contributed by atoms with Gasteiger partial charge >= 0.3 is 12.0 Å². The SMILES string of the molecule is C#CCCCCNC(=O)N(CC(=O)O)c1ccc(C)cc1. The van der Waals surface area contributed by atoms with Crippen LogP contribution in [0, 0.1) is 19.3 Å². The summed E-state index contributed by atoms with van der Waals surface area (Å²) in [6, 6.07) is 6.73. The zero-order chi connectivity index (χ0) is 15.7. The van der Waals surface area contributed by atoms with Crippen LogP contribution in [0.25, 0.3) is 0 Å². The number of amides is 2. The van der Waals surface area contributed by atoms with E-state index in [4.69, 9.17) is 11.5 Å². The number of carbonyl (C=O) groups is 2. The van der Waals surface area contributed by atoms with E-state index in [2.05, 4.69) is 11.2 Å². The Kier molecular flexibility index (Phi) is 6.82. The van der Waals surface area contributed by atoms with Gasteiger partial charge in [-0.3, -0.25) is 9.69 Å². The molecule has 0 atom stereocenters. The first kappa shape index (κ1) is 16.6. The second kappa shape index (κ2) is 8.64. The Morgan fingerprint density at radius 2 is 1.95 bits per heavy atom. The van der Waals surface area contributed by atoms with E-state index in [1.165, 1.54) is 4.90 Å². The van der Waals surface area contributed by atoms with Crippen LogP contribution in [0.1, 0.15) is 24.8 Å². The fraction of sp³-hybridized carbons (Fsp3) is 0.375. The maximum atomic E-state index is 12.1. The van der Waals surface area contributed by atoms with Crippen molar-refractivity contribution in [2.45, 2.75) is 26.2 Å². The van der Waals surface area contributed by atoms with Crippen LogP contribution in [0.3, 0.4) is 0 Å². The molecular formula is C16H20N2O3. The van der Waals surface area contributed by atoms with Gasteiger partial charge in [-0.1, -0.05) is 17.7 Å². The quantitative estimate of drug-likeness (QED) is 0.598. The van der Waals surface area contributed by atoms with E-state index in [9.17, 15) is 9.59 Å². The zero-order valence-electron chi connectivity index (χ0n) is 12.1. The van der Waals surface area contributed by atoms with Crippen molar-refractivity contribution in [3.8, 4) is 12.3 Å². The molecule has 0 fully saturated rings. The predicted octanol–water partition coefficient (Wildman–Crippen LogP) is 2.40. The number of terminal acetylenes is 1. The third-order valence-corrected chi connectivity index (χ3v) is 2.91. The molecule has 5 nitrogen and oxygen atoms in total. The normalized spacial score (nSPS) is 9.71. The molecule has 0 aromatic heterocycles. The maximum absolute atomic E-state index is 12.1. The minimum Gasteiger partial charge on any atom is -0.480 e. The highest BCUT2D eigenvalue weighted by Crippen LogP contribution is 2.15. The molecule has 1 aromatic rings. The topological polar surface area (TPSA) is 69.6 Å². The summed E-state index contributed by atoms with van der Waals surface area (Å²) < 4.78 is 0. The molecule has 0 radical (unpaired) electrons. The van der Waals surface area contributed by atoms with Crippen LogP contribution in [0.2, 0.25) is 0 Å². The summed E-state index contributed by atoms with van der Waals surface area (Å²) in [4.78, 5) is 24.2. The second-order valence-corrected chi connectivity index (χ2v) is 4.71. The third kappa shape index (κ3) is 6.00. The summed E-state index contributed by atoms with van der Waals surface area (Å²) in [6.07, 6.45) is 7.43. The number of hydrogen-bond acceptors (Lipinski definition) is 2. The molecule has 112 valence electrons. The van der Waals surface area contributed by atoms with Gasteiger partial charge < -0.3 is 10.4 Å². The van der Waals surface area contributed by atoms with Gasteiger partial charge in [-0.15, -0.1) is 12.3 Å². The molecule has 21 heavy (non-hydrogen) atoms. The molecule has 0 saturated carbocycles. The molecule has 2 N–H and O–H groups in total. The van der Waals surface area contributed by atoms with Gasteiger partial charge in [-0.2, -0.15) is 0 Å². The van der Waals surface area contributed by atoms with Crippen molar-refractivity contribution in [1.82, 2.24) is 5.32 Å². The van der Waals surface area contributed by atoms with E-state index < -0.39 is 12.0 Å². The van der Waals surface area contributed by atoms with E-state index in [1.807, 2.05) is 19.1 Å². The van der Waals surface area contributed by atoms with Gasteiger partial charge in [0.1, 0.15) is 6.54 Å². The minimum absolute atomic E-state index is 0.376. The molecule has 0 aliphatic rings. The number of hydrogen-bond donors (Lipinski definition) is 2. The number of carboxylic acids is 1. The van der Waals surface area contributed by atoms with E-state index in [1.54, 1.807) is 12.1 Å². The lowest BCUT2D eigenvalue weighted by Crippen LogP contribution is -2.43. The van der Waals surface area contributed by atoms with Crippen molar-refractivity contribution < 1.29 is 14.7 Å². The number of urea groups is 1. The molecule has 5 heteroatoms. The largest absolute Gasteiger partial charge is 0.480 e. The standard InChI is InChI=1S/C16H20N2O3/c1-3-4-5-6-11-17-16(21)18(12-15(19)20)14-9-7-13(2)8-10-14/h1,7-10H,4-6,11-12H2,2H3,(H,17,21)(H,19,20). The highest BCUT2D eigenvalue weighted by Gasteiger charge is 2.18. The third-order valence-electron chi connectivity index (χ3n) is 2.91. The van der Waals surface area contributed by atoms with Crippen molar-refractivity contribution in [2.24, 2.45) is 0 Å². The smallest absolute Gasteiger partial charge is 0.323 e. The number of unbranched alkanes of at least 4 members (excludes halogenated alkanes) is 2. The van der Waals surface area contributed by atoms with Crippen molar-refractivity contribution in [2.75, 3.05) is 18.0 Å². The minimum atomic E-state index is -1.06. The summed E-state index contributed by atoms with van der Waals surface area (Å²) in [5.74, 6) is 1.48. The molecule has 2 amide bonds. The Bertz CT molecular complexity index is 517. The number of aliphatic carboxylic acids is 1. The average molecular weight is 288 g/mol. The molecular weight excluding hydrogens is 268 g/mol. The van der Waals surface area contributed by atoms with Crippen molar-refractivity contribution in [1.29, 1.82) is 0 Å². The lowest BCUT2D eigenvalue weighted by Gasteiger charge is -2.21. The molecule has 1 rings (SSSR count). The predicted molar refractivity (Wildman–Crippen MR) is 82.2 cm³/mol. The van der Waals surface area contributed by atoms with Gasteiger partial charge in [0.15, 0.2) is 0 Å². The number of anilines is 1. The van der Waals surface area contributed by atoms with Crippen LogP contribution >= 0.6 is 0 Å². The van der Waals surface area contributed by atoms with Gasteiger partial charge in [0.2, 0.25) is 0 Å². The Balaban J connectivity index is 2.64. The Labute approximate surface area is 125 Å². The first-order valence-corrected chi connectivity index (χ1v) is 6.82. The fourth-order valence-corrected chi connectivity index (χ4v) is 1.78. The number of carbonyl (C=O) groups excluding carboxylic acids is 1. The molecule has 1 aromatic carbocycles. The number of nitrogens with zero attached hydrogens (tertiary/aromatic N) is 1. The van der Waals surface area contributed by atoms with Gasteiger partial charge in [0, 0.05) is 18.7 Å². The van der Waals surface area contributed by atoms with Gasteiger partial charge in [-0.25, -0.2) is 4.79 Å². The molecule has 0 aliphatic carbocycles. The lowest BCUT2D eigenvalue weighted by atomic mass is 10.2. The van der Waals surface area contributed by atoms with Crippen LogP contribution in [-0.4, -0.2) is 30.2 Å². The summed E-state index contributed by atoms with van der Waals surface area (Å²) in [6.45, 7) is 2.03. The number of rotatable bonds is 7. The Morgan fingerprint density at radius 3 is 2.52 bits per heavy atom. The summed E-state index contributed by atoms with van der Waals surface area (Å²) >= 11 is 0. The lowest BCUT2D eigenvalue weighted by molar-refractivity contribution is -0.135. The summed E-state index contributed by atoms with van der Waals surface area (Å²) in [7, 11) is 0. The molecule has 0 saturated heterocycles. The molecule has 0 heterocycles. The number of benzene rings is 1. The molecule has 0 spiro atoms. The fourth-order valence-electron chi connectivity index (χ4n) is 1.78. The molecule has 0 unspecified atom stereocenters. The Morgan fingerprint density at radius 1 is 1.29 bits per heavy atom. The summed E-state index contributed by atoms with van der Waals surface area (Å²) in [5.41, 5.74) is 1.60. The first-order valence-electron chi connectivity index (χ1n) is 6.82. The van der Waals surface area contributed by atoms with Gasteiger partial charge in [-0.05, 0) is 31.9 Å². The van der Waals surface area contributed by atoms with Crippen molar-refractivity contribution in [3.63, 3.8) is 0 Å². The van der Waals surface area contributed by atoms with E-state index >= 15 is 0 Å². The van der Waals surface area contributed by atoms with Gasteiger partial charge in [0.05, 0.1) is 0 Å². The maximum Gasteiger partial charge on any atom is 0.323 e. The average Bonchev–Trinajstić information content (AvgIpc) is 2.45. The molecule has 0 aliphatic heterocycles. The zero-order valence-corrected chi connectivity index (χ0v) is 12.1. The van der Waals surface area contributed by atoms with Gasteiger partial charge in [0.25, 0.3) is 0 Å².